The average Bonchev–Trinajstić information content (AvgIpc) is 1.86. The van der Waals surface area contributed by atoms with E-state index in [0.717, 1.165) is 0 Å². The molecule has 1 aromatic rings. The number of pyridine rings is 1. The topological polar surface area (TPSA) is 12.9 Å². The zero-order valence-corrected chi connectivity index (χ0v) is 9.44. The summed E-state index contributed by atoms with van der Waals surface area (Å²) in [5.74, 6) is 0. The second-order valence-electron chi connectivity index (χ2n) is 1.84. The first-order valence-corrected chi connectivity index (χ1v) is 4.21. The van der Waals surface area contributed by atoms with Crippen LogP contribution in [0.2, 0.25) is 5.15 Å². The van der Waals surface area contributed by atoms with Crippen molar-refractivity contribution in [2.45, 2.75) is 3.79 Å². The Morgan fingerprint density at radius 2 is 1.75 bits per heavy atom. The molecule has 1 rings (SSSR count). The van der Waals surface area contributed by atoms with E-state index >= 15 is 0 Å². The van der Waals surface area contributed by atoms with Crippen molar-refractivity contribution in [3.63, 3.8) is 0 Å². The Hall–Kier alpha value is 0.600. The molecular weight excluding hydrogens is 263 g/mol. The molecule has 1 heterocycles. The fourth-order valence-electron chi connectivity index (χ4n) is 0.566. The quantitative estimate of drug-likeness (QED) is 0.512. The lowest BCUT2D eigenvalue weighted by Gasteiger charge is -2.08. The van der Waals surface area contributed by atoms with Gasteiger partial charge in [-0.2, -0.15) is 0 Å². The van der Waals surface area contributed by atoms with Crippen molar-refractivity contribution in [3.05, 3.63) is 29.0 Å². The number of halogens is 5. The molecule has 0 aliphatic carbocycles. The van der Waals surface area contributed by atoms with Gasteiger partial charge in [-0.3, -0.25) is 0 Å². The van der Waals surface area contributed by atoms with Gasteiger partial charge in [-0.25, -0.2) is 4.98 Å². The third-order valence-corrected chi connectivity index (χ3v) is 1.80. The van der Waals surface area contributed by atoms with Gasteiger partial charge in [0.15, 0.2) is 0 Å². The van der Waals surface area contributed by atoms with Crippen LogP contribution in [0, 0.1) is 0 Å². The van der Waals surface area contributed by atoms with Gasteiger partial charge < -0.3 is 0 Å². The van der Waals surface area contributed by atoms with E-state index in [1.165, 1.54) is 0 Å². The highest BCUT2D eigenvalue weighted by molar-refractivity contribution is 6.66. The summed E-state index contributed by atoms with van der Waals surface area (Å²) in [4.78, 5) is 3.81. The second-order valence-corrected chi connectivity index (χ2v) is 4.51. The summed E-state index contributed by atoms with van der Waals surface area (Å²) in [6, 6.07) is 4.88. The standard InChI is InChI=1S/C6H3Cl4N.ClH/c7-5-3-1-2-4(11-5)6(8,9)10;/h1-3H;1H. The number of nitrogens with zero attached hydrogens (tertiary/aromatic N) is 1. The van der Waals surface area contributed by atoms with E-state index in [9.17, 15) is 0 Å². The molecule has 0 fully saturated rings. The van der Waals surface area contributed by atoms with Gasteiger partial charge in [0.1, 0.15) is 5.15 Å². The van der Waals surface area contributed by atoms with Gasteiger partial charge in [0.2, 0.25) is 3.79 Å². The minimum Gasteiger partial charge on any atom is -0.237 e. The van der Waals surface area contributed by atoms with Gasteiger partial charge in [-0.05, 0) is 12.1 Å². The lowest BCUT2D eigenvalue weighted by atomic mass is 10.4. The summed E-state index contributed by atoms with van der Waals surface area (Å²) in [6.07, 6.45) is 0. The highest BCUT2D eigenvalue weighted by Gasteiger charge is 2.24. The van der Waals surface area contributed by atoms with Crippen LogP contribution in [0.3, 0.4) is 0 Å². The average molecular weight is 267 g/mol. The van der Waals surface area contributed by atoms with Gasteiger partial charge in [0.25, 0.3) is 0 Å². The number of hydrogen-bond donors (Lipinski definition) is 0. The third-order valence-electron chi connectivity index (χ3n) is 1.01. The Labute approximate surface area is 96.4 Å². The normalized spacial score (nSPS) is 10.7. The van der Waals surface area contributed by atoms with Crippen molar-refractivity contribution in [3.8, 4) is 0 Å². The second kappa shape index (κ2) is 4.73. The van der Waals surface area contributed by atoms with E-state index in [1.807, 2.05) is 0 Å². The minimum atomic E-state index is -1.50. The van der Waals surface area contributed by atoms with Gasteiger partial charge in [-0.1, -0.05) is 52.5 Å². The van der Waals surface area contributed by atoms with Crippen LogP contribution in [-0.4, -0.2) is 4.98 Å². The fourth-order valence-corrected chi connectivity index (χ4v) is 1.05. The van der Waals surface area contributed by atoms with Crippen LogP contribution in [0.5, 0.6) is 0 Å². The van der Waals surface area contributed by atoms with Crippen molar-refractivity contribution < 1.29 is 0 Å². The van der Waals surface area contributed by atoms with Crippen LogP contribution in [-0.2, 0) is 3.79 Å². The van der Waals surface area contributed by atoms with E-state index in [-0.39, 0.29) is 12.4 Å². The van der Waals surface area contributed by atoms with Crippen molar-refractivity contribution in [1.29, 1.82) is 0 Å². The summed E-state index contributed by atoms with van der Waals surface area (Å²) >= 11 is 22.2. The fraction of sp³-hybridized carbons (Fsp3) is 0.167. The molecule has 1 nitrogen and oxygen atoms in total. The van der Waals surface area contributed by atoms with E-state index in [4.69, 9.17) is 46.4 Å². The monoisotopic (exact) mass is 265 g/mol. The molecule has 1 aromatic heterocycles. The molecule has 0 radical (unpaired) electrons. The molecule has 0 saturated heterocycles. The molecule has 0 bridgehead atoms. The Kier molecular flexibility index (Phi) is 4.97. The molecule has 0 aliphatic heterocycles. The van der Waals surface area contributed by atoms with Crippen LogP contribution in [0.1, 0.15) is 5.69 Å². The molecule has 0 atom stereocenters. The van der Waals surface area contributed by atoms with Crippen LogP contribution >= 0.6 is 58.8 Å². The van der Waals surface area contributed by atoms with Crippen molar-refractivity contribution >= 4 is 58.8 Å². The lowest BCUT2D eigenvalue weighted by Crippen LogP contribution is -2.02. The molecular formula is C6H4Cl5N. The van der Waals surface area contributed by atoms with Gasteiger partial charge >= 0.3 is 0 Å². The maximum atomic E-state index is 5.56. The molecule has 68 valence electrons. The zero-order valence-electron chi connectivity index (χ0n) is 5.60. The van der Waals surface area contributed by atoms with E-state index in [1.54, 1.807) is 18.2 Å². The largest absolute Gasteiger partial charge is 0.237 e. The van der Waals surface area contributed by atoms with Gasteiger partial charge in [0, 0.05) is 0 Å². The molecule has 6 heteroatoms. The smallest absolute Gasteiger partial charge is 0.232 e. The first kappa shape index (κ1) is 12.6. The zero-order chi connectivity index (χ0) is 8.48. The maximum absolute atomic E-state index is 5.56. The SMILES string of the molecule is Cl.Clc1cccc(C(Cl)(Cl)Cl)n1. The number of aromatic nitrogens is 1. The van der Waals surface area contributed by atoms with Crippen molar-refractivity contribution in [2.75, 3.05) is 0 Å². The highest BCUT2D eigenvalue weighted by Crippen LogP contribution is 2.36. The molecule has 0 aromatic carbocycles. The third kappa shape index (κ3) is 3.55. The Morgan fingerprint density at radius 3 is 2.08 bits per heavy atom. The predicted molar refractivity (Wildman–Crippen MR) is 55.7 cm³/mol. The number of hydrogen-bond acceptors (Lipinski definition) is 1. The summed E-state index contributed by atoms with van der Waals surface area (Å²) in [7, 11) is 0. The van der Waals surface area contributed by atoms with Crippen LogP contribution in [0.15, 0.2) is 18.2 Å². The summed E-state index contributed by atoms with van der Waals surface area (Å²) in [5.41, 5.74) is 0.329. The first-order chi connectivity index (χ1) is 5.00. The molecule has 0 N–H and O–H groups in total. The Bertz CT molecular complexity index is 256. The lowest BCUT2D eigenvalue weighted by molar-refractivity contribution is 1.09. The first-order valence-electron chi connectivity index (χ1n) is 2.70. The summed E-state index contributed by atoms with van der Waals surface area (Å²) in [5, 5.41) is 0.314. The van der Waals surface area contributed by atoms with Crippen molar-refractivity contribution in [1.82, 2.24) is 4.98 Å². The van der Waals surface area contributed by atoms with E-state index in [0.29, 0.717) is 10.8 Å². The summed E-state index contributed by atoms with van der Waals surface area (Å²) in [6.45, 7) is 0. The molecule has 0 saturated carbocycles. The number of alkyl halides is 3. The highest BCUT2D eigenvalue weighted by atomic mass is 35.6. The van der Waals surface area contributed by atoms with E-state index < -0.39 is 3.79 Å². The predicted octanol–water partition coefficient (Wildman–Crippen LogP) is 3.98. The minimum absolute atomic E-state index is 0. The van der Waals surface area contributed by atoms with Crippen molar-refractivity contribution in [2.24, 2.45) is 0 Å². The number of rotatable bonds is 0. The maximum Gasteiger partial charge on any atom is 0.232 e. The van der Waals surface area contributed by atoms with E-state index in [2.05, 4.69) is 4.98 Å². The van der Waals surface area contributed by atoms with Crippen LogP contribution in [0.4, 0.5) is 0 Å². The molecule has 0 aliphatic rings. The van der Waals surface area contributed by atoms with Crippen LogP contribution < -0.4 is 0 Å². The Morgan fingerprint density at radius 1 is 1.17 bits per heavy atom. The van der Waals surface area contributed by atoms with Gasteiger partial charge in [-0.15, -0.1) is 12.4 Å². The molecule has 12 heavy (non-hydrogen) atoms. The molecule has 0 amide bonds. The Balaban J connectivity index is 0.00000121. The summed E-state index contributed by atoms with van der Waals surface area (Å²) < 4.78 is -1.50. The molecule has 0 spiro atoms. The van der Waals surface area contributed by atoms with Crippen LogP contribution in [0.25, 0.3) is 0 Å². The van der Waals surface area contributed by atoms with Gasteiger partial charge in [0.05, 0.1) is 5.69 Å². The molecule has 0 unspecified atom stereocenters.